The number of carbonyl (C=O) groups excluding carboxylic acids is 5. The van der Waals surface area contributed by atoms with Crippen LogP contribution in [0.4, 0.5) is 0 Å². The van der Waals surface area contributed by atoms with E-state index in [-0.39, 0.29) is 19.3 Å². The molecule has 4 aliphatic carbocycles. The van der Waals surface area contributed by atoms with E-state index in [2.05, 4.69) is 6.58 Å². The predicted molar refractivity (Wildman–Crippen MR) is 156 cm³/mol. The van der Waals surface area contributed by atoms with Crippen molar-refractivity contribution in [3.63, 3.8) is 0 Å². The molecular formula is C34H40O10. The third-order valence-corrected chi connectivity index (χ3v) is 11.0. The molecule has 9 atom stereocenters. The van der Waals surface area contributed by atoms with Crippen LogP contribution in [0.15, 0.2) is 48.6 Å². The van der Waals surface area contributed by atoms with Crippen molar-refractivity contribution < 1.29 is 48.0 Å². The summed E-state index contributed by atoms with van der Waals surface area (Å²) in [4.78, 5) is 64.9. The maximum absolute atomic E-state index is 13.7. The fourth-order valence-electron chi connectivity index (χ4n) is 9.69. The zero-order chi connectivity index (χ0) is 32.4. The number of Topliss-reactive ketones (excluding diaryl/α,β-unsaturated/α-hetero) is 1. The summed E-state index contributed by atoms with van der Waals surface area (Å²) in [5.41, 5.74) is -4.27. The number of carbonyl (C=O) groups is 5. The van der Waals surface area contributed by atoms with Crippen LogP contribution in [-0.2, 0) is 42.9 Å². The highest BCUT2D eigenvalue weighted by Gasteiger charge is 2.93. The summed E-state index contributed by atoms with van der Waals surface area (Å²) in [5, 5.41) is 12.1. The molecule has 10 nitrogen and oxygen atoms in total. The summed E-state index contributed by atoms with van der Waals surface area (Å²) in [6, 6.07) is 9.22. The van der Waals surface area contributed by atoms with E-state index in [1.165, 1.54) is 26.8 Å². The summed E-state index contributed by atoms with van der Waals surface area (Å²) in [5.74, 6) is -3.75. The fourth-order valence-corrected chi connectivity index (χ4v) is 9.69. The van der Waals surface area contributed by atoms with Gasteiger partial charge in [-0.2, -0.15) is 0 Å². The minimum absolute atomic E-state index is 0.103. The summed E-state index contributed by atoms with van der Waals surface area (Å²) >= 11 is 0. The van der Waals surface area contributed by atoms with E-state index in [0.29, 0.717) is 5.57 Å². The van der Waals surface area contributed by atoms with Crippen LogP contribution in [0, 0.1) is 27.6 Å². The molecule has 0 aliphatic heterocycles. The minimum atomic E-state index is -1.71. The molecule has 10 heteroatoms. The summed E-state index contributed by atoms with van der Waals surface area (Å²) < 4.78 is 24.1. The molecule has 0 saturated heterocycles. The van der Waals surface area contributed by atoms with Crippen molar-refractivity contribution in [1.82, 2.24) is 0 Å². The Kier molecular flexibility index (Phi) is 7.68. The van der Waals surface area contributed by atoms with Crippen molar-refractivity contribution in [2.75, 3.05) is 0 Å². The van der Waals surface area contributed by atoms with Crippen LogP contribution in [0.3, 0.4) is 0 Å². The lowest BCUT2D eigenvalue weighted by Gasteiger charge is -2.59. The number of rotatable bonds is 6. The van der Waals surface area contributed by atoms with Gasteiger partial charge in [0.25, 0.3) is 0 Å². The molecule has 1 aromatic rings. The molecule has 236 valence electrons. The van der Waals surface area contributed by atoms with Crippen molar-refractivity contribution in [1.29, 1.82) is 0 Å². The Labute approximate surface area is 256 Å². The normalized spacial score (nSPS) is 38.4. The number of hydrogen-bond donors (Lipinski definition) is 1. The van der Waals surface area contributed by atoms with Gasteiger partial charge < -0.3 is 24.1 Å². The van der Waals surface area contributed by atoms with Gasteiger partial charge in [0.2, 0.25) is 0 Å². The van der Waals surface area contributed by atoms with Gasteiger partial charge in [-0.05, 0) is 35.5 Å². The standard InChI is InChI=1S/C34H40O10/c1-18-25(44-26(39)14-13-22-11-9-8-10-12-22)15-16-32(7)29(42-20(3)36)30(43-21(4)37)34-27(40)24(38)17-23(31(34,5)6)28(33(18,32)34)41-19(2)35/h8-14,23,25,27-30,40H,1,15-17H2,2-7H3. The van der Waals surface area contributed by atoms with Gasteiger partial charge in [0.15, 0.2) is 5.78 Å². The first kappa shape index (κ1) is 31.6. The molecule has 4 aliphatic rings. The topological polar surface area (TPSA) is 143 Å². The number of benzene rings is 1. The van der Waals surface area contributed by atoms with Crippen molar-refractivity contribution >= 4 is 35.7 Å². The third kappa shape index (κ3) is 4.06. The van der Waals surface area contributed by atoms with Gasteiger partial charge in [-0.1, -0.05) is 57.7 Å². The van der Waals surface area contributed by atoms with Gasteiger partial charge in [-0.15, -0.1) is 0 Å². The molecule has 9 unspecified atom stereocenters. The van der Waals surface area contributed by atoms with Crippen molar-refractivity contribution in [2.45, 2.75) is 91.3 Å². The molecule has 2 bridgehead atoms. The average Bonchev–Trinajstić information content (AvgIpc) is 3.18. The lowest BCUT2D eigenvalue weighted by atomic mass is 9.44. The molecule has 2 spiro atoms. The number of hydrogen-bond acceptors (Lipinski definition) is 10. The molecule has 4 fully saturated rings. The second kappa shape index (κ2) is 10.7. The third-order valence-electron chi connectivity index (χ3n) is 11.0. The van der Waals surface area contributed by atoms with E-state index in [0.717, 1.165) is 5.56 Å². The minimum Gasteiger partial charge on any atom is -0.461 e. The highest BCUT2D eigenvalue weighted by molar-refractivity contribution is 5.89. The van der Waals surface area contributed by atoms with E-state index in [1.807, 2.05) is 51.1 Å². The highest BCUT2D eigenvalue weighted by atomic mass is 16.6. The van der Waals surface area contributed by atoms with Gasteiger partial charge in [0.05, 0.1) is 10.8 Å². The van der Waals surface area contributed by atoms with Gasteiger partial charge in [0.1, 0.15) is 30.5 Å². The van der Waals surface area contributed by atoms with Crippen LogP contribution in [0.25, 0.3) is 6.08 Å². The van der Waals surface area contributed by atoms with Gasteiger partial charge in [-0.25, -0.2) is 4.79 Å². The number of aliphatic hydroxyl groups excluding tert-OH is 1. The summed E-state index contributed by atoms with van der Waals surface area (Å²) in [6.45, 7) is 13.7. The molecule has 1 aromatic carbocycles. The zero-order valence-corrected chi connectivity index (χ0v) is 26.0. The fraction of sp³-hybridized carbons (Fsp3) is 0.559. The maximum atomic E-state index is 13.7. The Bertz CT molecular complexity index is 1440. The lowest BCUT2D eigenvalue weighted by molar-refractivity contribution is -0.208. The predicted octanol–water partition coefficient (Wildman–Crippen LogP) is 3.74. The van der Waals surface area contributed by atoms with E-state index >= 15 is 0 Å². The monoisotopic (exact) mass is 608 g/mol. The SMILES string of the molecule is C=C1C(OC(=O)C=Cc2ccccc2)CCC2(C)C(OC(C)=O)C(OC(C)=O)C34C(O)C(=O)CC(C(OC(C)=O)C123)C4(C)C. The Morgan fingerprint density at radius 1 is 0.886 bits per heavy atom. The molecule has 0 radical (unpaired) electrons. The molecular weight excluding hydrogens is 568 g/mol. The number of esters is 4. The Hall–Kier alpha value is -3.79. The van der Waals surface area contributed by atoms with Crippen LogP contribution in [0.2, 0.25) is 0 Å². The number of fused-ring (bicyclic) bond motifs is 1. The van der Waals surface area contributed by atoms with Gasteiger partial charge in [0, 0.05) is 44.6 Å². The van der Waals surface area contributed by atoms with Crippen LogP contribution in [-0.4, -0.2) is 65.3 Å². The van der Waals surface area contributed by atoms with Gasteiger partial charge >= 0.3 is 23.9 Å². The average molecular weight is 609 g/mol. The maximum Gasteiger partial charge on any atom is 0.331 e. The molecule has 5 rings (SSSR count). The van der Waals surface area contributed by atoms with Crippen molar-refractivity contribution in [3.05, 3.63) is 54.1 Å². The number of aliphatic hydroxyl groups is 1. The van der Waals surface area contributed by atoms with Crippen LogP contribution < -0.4 is 0 Å². The molecule has 0 amide bonds. The van der Waals surface area contributed by atoms with Crippen LogP contribution in [0.1, 0.15) is 66.4 Å². The van der Waals surface area contributed by atoms with Crippen molar-refractivity contribution in [2.24, 2.45) is 27.6 Å². The van der Waals surface area contributed by atoms with Crippen LogP contribution in [0.5, 0.6) is 0 Å². The highest BCUT2D eigenvalue weighted by Crippen LogP contribution is 2.85. The second-order valence-electron chi connectivity index (χ2n) is 13.3. The number of ketones is 1. The van der Waals surface area contributed by atoms with Gasteiger partial charge in [-0.3, -0.25) is 19.2 Å². The lowest BCUT2D eigenvalue weighted by Crippen LogP contribution is -2.66. The smallest absolute Gasteiger partial charge is 0.331 e. The molecule has 0 aromatic heterocycles. The Morgan fingerprint density at radius 3 is 2.05 bits per heavy atom. The molecule has 1 N–H and O–H groups in total. The first-order chi connectivity index (χ1) is 20.6. The van der Waals surface area contributed by atoms with E-state index in [1.54, 1.807) is 6.08 Å². The molecule has 4 saturated carbocycles. The van der Waals surface area contributed by atoms with E-state index in [4.69, 9.17) is 18.9 Å². The van der Waals surface area contributed by atoms with Crippen LogP contribution >= 0.6 is 0 Å². The Balaban J connectivity index is 1.73. The molecule has 44 heavy (non-hydrogen) atoms. The first-order valence-corrected chi connectivity index (χ1v) is 14.9. The Morgan fingerprint density at radius 2 is 1.45 bits per heavy atom. The second-order valence-corrected chi connectivity index (χ2v) is 13.3. The van der Waals surface area contributed by atoms with E-state index in [9.17, 15) is 29.1 Å². The zero-order valence-electron chi connectivity index (χ0n) is 26.0. The van der Waals surface area contributed by atoms with E-state index < -0.39 is 87.8 Å². The quantitative estimate of drug-likeness (QED) is 0.220. The number of ether oxygens (including phenoxy) is 4. The first-order valence-electron chi connectivity index (χ1n) is 14.9. The summed E-state index contributed by atoms with van der Waals surface area (Å²) in [7, 11) is 0. The summed E-state index contributed by atoms with van der Waals surface area (Å²) in [6.07, 6.45) is -2.81. The largest absolute Gasteiger partial charge is 0.461 e. The molecule has 0 heterocycles. The van der Waals surface area contributed by atoms with Crippen molar-refractivity contribution in [3.8, 4) is 0 Å².